The summed E-state index contributed by atoms with van der Waals surface area (Å²) in [4.78, 5) is 66.3. The fourth-order valence-corrected chi connectivity index (χ4v) is 2.91. The lowest BCUT2D eigenvalue weighted by molar-refractivity contribution is -0.143. The molecule has 3 amide bonds. The highest BCUT2D eigenvalue weighted by Crippen LogP contribution is 2.07. The van der Waals surface area contributed by atoms with Crippen molar-refractivity contribution < 1.29 is 34.2 Å². The molecule has 1 rings (SSSR count). The largest absolute Gasteiger partial charge is 0.481 e. The normalized spacial score (nSPS) is 14.6. The standard InChI is InChI=1S/C20H32N6O7/c1-10(2)6-15(19(31)25-14(20(32)33)4-5-16(27)28)26-17(29)11(3)24-18(30)13(21)7-12-8-22-9-23-12/h8-11,13-15H,4-7,21H2,1-3H3,(H,22,23)(H,24,30)(H,25,31)(H,26,29)(H,27,28)(H,32,33). The van der Waals surface area contributed by atoms with E-state index in [1.807, 2.05) is 13.8 Å². The van der Waals surface area contributed by atoms with Gasteiger partial charge in [0.25, 0.3) is 0 Å². The summed E-state index contributed by atoms with van der Waals surface area (Å²) in [6, 6.07) is -4.45. The number of carboxylic acid groups (broad SMARTS) is 2. The number of carboxylic acids is 2. The molecule has 0 radical (unpaired) electrons. The summed E-state index contributed by atoms with van der Waals surface area (Å²) >= 11 is 0. The van der Waals surface area contributed by atoms with Crippen molar-refractivity contribution in [2.45, 2.75) is 70.6 Å². The molecular formula is C20H32N6O7. The summed E-state index contributed by atoms with van der Waals surface area (Å²) < 4.78 is 0. The minimum atomic E-state index is -1.42. The van der Waals surface area contributed by atoms with Crippen LogP contribution in [0.3, 0.4) is 0 Å². The molecule has 13 heteroatoms. The molecule has 13 nitrogen and oxygen atoms in total. The van der Waals surface area contributed by atoms with E-state index in [9.17, 15) is 29.1 Å². The Hall–Kier alpha value is -3.48. The van der Waals surface area contributed by atoms with Crippen LogP contribution in [0, 0.1) is 5.92 Å². The van der Waals surface area contributed by atoms with Crippen molar-refractivity contribution in [3.05, 3.63) is 18.2 Å². The molecule has 1 aromatic rings. The van der Waals surface area contributed by atoms with Crippen molar-refractivity contribution in [2.24, 2.45) is 11.7 Å². The molecule has 0 aliphatic heterocycles. The summed E-state index contributed by atoms with van der Waals surface area (Å²) in [6.07, 6.45) is 2.61. The maximum Gasteiger partial charge on any atom is 0.326 e. The quantitative estimate of drug-likeness (QED) is 0.173. The molecule has 184 valence electrons. The number of nitrogens with two attached hydrogens (primary N) is 1. The Labute approximate surface area is 190 Å². The molecule has 0 fully saturated rings. The molecule has 4 atom stereocenters. The van der Waals surface area contributed by atoms with Crippen molar-refractivity contribution in [1.82, 2.24) is 25.9 Å². The van der Waals surface area contributed by atoms with Crippen LogP contribution in [0.5, 0.6) is 0 Å². The van der Waals surface area contributed by atoms with E-state index in [0.717, 1.165) is 0 Å². The zero-order valence-electron chi connectivity index (χ0n) is 18.8. The van der Waals surface area contributed by atoms with Gasteiger partial charge in [0.05, 0.1) is 12.4 Å². The predicted molar refractivity (Wildman–Crippen MR) is 116 cm³/mol. The number of imidazole rings is 1. The van der Waals surface area contributed by atoms with Gasteiger partial charge in [-0.25, -0.2) is 9.78 Å². The number of aromatic amines is 1. The van der Waals surface area contributed by atoms with Gasteiger partial charge in [-0.1, -0.05) is 13.8 Å². The average molecular weight is 469 g/mol. The Bertz CT molecular complexity index is 827. The smallest absolute Gasteiger partial charge is 0.326 e. The van der Waals surface area contributed by atoms with Crippen molar-refractivity contribution in [3.8, 4) is 0 Å². The summed E-state index contributed by atoms with van der Waals surface area (Å²) in [5, 5.41) is 25.3. The maximum atomic E-state index is 12.7. The highest BCUT2D eigenvalue weighted by molar-refractivity contribution is 5.94. The number of H-pyrrole nitrogens is 1. The first-order valence-corrected chi connectivity index (χ1v) is 10.5. The first kappa shape index (κ1) is 27.6. The van der Waals surface area contributed by atoms with Crippen LogP contribution in [0.25, 0.3) is 0 Å². The molecule has 0 spiro atoms. The van der Waals surface area contributed by atoms with E-state index in [1.54, 1.807) is 0 Å². The van der Waals surface area contributed by atoms with Gasteiger partial charge in [-0.05, 0) is 25.7 Å². The predicted octanol–water partition coefficient (Wildman–Crippen LogP) is -1.25. The molecule has 8 N–H and O–H groups in total. The topological polar surface area (TPSA) is 217 Å². The lowest BCUT2D eigenvalue weighted by Crippen LogP contribution is -2.56. The van der Waals surface area contributed by atoms with E-state index in [4.69, 9.17) is 10.8 Å². The molecule has 4 unspecified atom stereocenters. The second-order valence-electron chi connectivity index (χ2n) is 8.14. The van der Waals surface area contributed by atoms with Crippen LogP contribution in [0.1, 0.15) is 45.7 Å². The van der Waals surface area contributed by atoms with Gasteiger partial charge in [0.1, 0.15) is 18.1 Å². The molecule has 0 saturated heterocycles. The van der Waals surface area contributed by atoms with Crippen LogP contribution in [0.15, 0.2) is 12.5 Å². The highest BCUT2D eigenvalue weighted by Gasteiger charge is 2.29. The Morgan fingerprint density at radius 3 is 2.15 bits per heavy atom. The first-order valence-electron chi connectivity index (χ1n) is 10.5. The van der Waals surface area contributed by atoms with E-state index in [1.165, 1.54) is 19.4 Å². The number of carbonyl (C=O) groups excluding carboxylic acids is 3. The average Bonchev–Trinajstić information content (AvgIpc) is 3.22. The first-order chi connectivity index (χ1) is 15.4. The lowest BCUT2D eigenvalue weighted by Gasteiger charge is -2.24. The molecule has 0 aromatic carbocycles. The molecule has 0 saturated carbocycles. The van der Waals surface area contributed by atoms with Crippen LogP contribution in [-0.2, 0) is 30.4 Å². The monoisotopic (exact) mass is 468 g/mol. The van der Waals surface area contributed by atoms with Crippen LogP contribution in [-0.4, -0.2) is 74.0 Å². The zero-order chi connectivity index (χ0) is 25.1. The molecule has 1 heterocycles. The minimum absolute atomic E-state index is 0.0314. The van der Waals surface area contributed by atoms with Gasteiger partial charge in [0.15, 0.2) is 0 Å². The van der Waals surface area contributed by atoms with Crippen molar-refractivity contribution in [1.29, 1.82) is 0 Å². The summed E-state index contributed by atoms with van der Waals surface area (Å²) in [5.74, 6) is -4.60. The van der Waals surface area contributed by atoms with E-state index in [2.05, 4.69) is 25.9 Å². The third-order valence-electron chi connectivity index (χ3n) is 4.69. The van der Waals surface area contributed by atoms with Gasteiger partial charge in [-0.2, -0.15) is 0 Å². The third-order valence-corrected chi connectivity index (χ3v) is 4.69. The van der Waals surface area contributed by atoms with Gasteiger partial charge < -0.3 is 36.9 Å². The van der Waals surface area contributed by atoms with E-state index in [0.29, 0.717) is 5.69 Å². The number of aromatic nitrogens is 2. The van der Waals surface area contributed by atoms with Crippen molar-refractivity contribution >= 4 is 29.7 Å². The minimum Gasteiger partial charge on any atom is -0.481 e. The second kappa shape index (κ2) is 13.2. The molecule has 1 aromatic heterocycles. The SMILES string of the molecule is CC(C)CC(NC(=O)C(C)NC(=O)C(N)Cc1cnc[nH]1)C(=O)NC(CCC(=O)O)C(=O)O. The summed E-state index contributed by atoms with van der Waals surface area (Å²) in [7, 11) is 0. The number of rotatable bonds is 14. The molecule has 0 aliphatic rings. The van der Waals surface area contributed by atoms with Gasteiger partial charge in [0.2, 0.25) is 17.7 Å². The Morgan fingerprint density at radius 1 is 1.00 bits per heavy atom. The van der Waals surface area contributed by atoms with Crippen LogP contribution < -0.4 is 21.7 Å². The lowest BCUT2D eigenvalue weighted by atomic mass is 10.0. The van der Waals surface area contributed by atoms with Gasteiger partial charge in [-0.3, -0.25) is 19.2 Å². The number of aliphatic carboxylic acids is 2. The fraction of sp³-hybridized carbons (Fsp3) is 0.600. The number of nitrogens with zero attached hydrogens (tertiary/aromatic N) is 1. The van der Waals surface area contributed by atoms with Gasteiger partial charge in [-0.15, -0.1) is 0 Å². The molecule has 33 heavy (non-hydrogen) atoms. The van der Waals surface area contributed by atoms with Crippen molar-refractivity contribution in [3.63, 3.8) is 0 Å². The van der Waals surface area contributed by atoms with E-state index in [-0.39, 0.29) is 25.2 Å². The maximum absolute atomic E-state index is 12.7. The zero-order valence-corrected chi connectivity index (χ0v) is 18.8. The Morgan fingerprint density at radius 2 is 1.64 bits per heavy atom. The van der Waals surface area contributed by atoms with Gasteiger partial charge >= 0.3 is 11.9 Å². The van der Waals surface area contributed by atoms with Crippen LogP contribution >= 0.6 is 0 Å². The Balaban J connectivity index is 2.73. The van der Waals surface area contributed by atoms with Crippen LogP contribution in [0.2, 0.25) is 0 Å². The summed E-state index contributed by atoms with van der Waals surface area (Å²) in [6.45, 7) is 5.05. The number of carbonyl (C=O) groups is 5. The molecule has 0 aliphatic carbocycles. The van der Waals surface area contributed by atoms with E-state index < -0.39 is 60.2 Å². The highest BCUT2D eigenvalue weighted by atomic mass is 16.4. The second-order valence-corrected chi connectivity index (χ2v) is 8.14. The van der Waals surface area contributed by atoms with E-state index >= 15 is 0 Å². The van der Waals surface area contributed by atoms with Crippen LogP contribution in [0.4, 0.5) is 0 Å². The number of nitrogens with one attached hydrogen (secondary N) is 4. The molecular weight excluding hydrogens is 436 g/mol. The number of amides is 3. The fourth-order valence-electron chi connectivity index (χ4n) is 2.91. The summed E-state index contributed by atoms with van der Waals surface area (Å²) in [5.41, 5.74) is 6.50. The van der Waals surface area contributed by atoms with Crippen molar-refractivity contribution in [2.75, 3.05) is 0 Å². The number of hydrogen-bond donors (Lipinski definition) is 7. The Kier molecular flexibility index (Phi) is 11.0. The van der Waals surface area contributed by atoms with Gasteiger partial charge in [0, 0.05) is 24.7 Å². The number of hydrogen-bond acceptors (Lipinski definition) is 7. The third kappa shape index (κ3) is 10.1. The molecule has 0 bridgehead atoms.